The minimum absolute atomic E-state index is 0.205. The van der Waals surface area contributed by atoms with Gasteiger partial charge in [-0.05, 0) is 47.4 Å². The molecule has 0 radical (unpaired) electrons. The number of carbonyl (C=O) groups excluding carboxylic acids is 3. The van der Waals surface area contributed by atoms with Crippen molar-refractivity contribution in [2.45, 2.75) is 26.8 Å². The number of carbonyl (C=O) groups is 3. The molecule has 2 N–H and O–H groups in total. The first-order chi connectivity index (χ1) is 14.8. The molecule has 2 amide bonds. The average molecular weight is 418 g/mol. The lowest BCUT2D eigenvalue weighted by Crippen LogP contribution is -2.46. The largest absolute Gasteiger partial charge is 0.454 e. The summed E-state index contributed by atoms with van der Waals surface area (Å²) in [5, 5.41) is 7.51. The third-order valence-electron chi connectivity index (χ3n) is 4.98. The molecule has 0 heterocycles. The van der Waals surface area contributed by atoms with Gasteiger partial charge < -0.3 is 15.4 Å². The van der Waals surface area contributed by atoms with Crippen LogP contribution in [0.4, 0.5) is 5.69 Å². The summed E-state index contributed by atoms with van der Waals surface area (Å²) in [6.45, 7) is 5.00. The van der Waals surface area contributed by atoms with Crippen LogP contribution in [0.5, 0.6) is 0 Å². The molecule has 31 heavy (non-hydrogen) atoms. The van der Waals surface area contributed by atoms with E-state index in [0.29, 0.717) is 11.3 Å². The number of ether oxygens (including phenoxy) is 1. The molecular weight excluding hydrogens is 392 g/mol. The van der Waals surface area contributed by atoms with Crippen molar-refractivity contribution in [3.8, 4) is 0 Å². The Morgan fingerprint density at radius 3 is 2.29 bits per heavy atom. The number of aryl methyl sites for hydroxylation is 1. The van der Waals surface area contributed by atoms with Crippen LogP contribution in [0.1, 0.15) is 29.8 Å². The molecule has 3 aromatic carbocycles. The van der Waals surface area contributed by atoms with E-state index in [1.54, 1.807) is 32.0 Å². The Kier molecular flexibility index (Phi) is 7.03. The lowest BCUT2D eigenvalue weighted by molar-refractivity contribution is -0.150. The topological polar surface area (TPSA) is 84.5 Å². The molecule has 6 heteroatoms. The summed E-state index contributed by atoms with van der Waals surface area (Å²) < 4.78 is 5.19. The zero-order chi connectivity index (χ0) is 22.4. The second-order valence-electron chi connectivity index (χ2n) is 7.73. The maximum Gasteiger partial charge on any atom is 0.329 e. The van der Waals surface area contributed by atoms with E-state index in [9.17, 15) is 14.4 Å². The number of benzene rings is 3. The summed E-state index contributed by atoms with van der Waals surface area (Å²) in [7, 11) is 0. The Morgan fingerprint density at radius 1 is 0.903 bits per heavy atom. The van der Waals surface area contributed by atoms with Gasteiger partial charge in [-0.25, -0.2) is 4.79 Å². The van der Waals surface area contributed by atoms with E-state index in [1.807, 2.05) is 55.5 Å². The van der Waals surface area contributed by atoms with Gasteiger partial charge in [-0.2, -0.15) is 0 Å². The highest BCUT2D eigenvalue weighted by atomic mass is 16.5. The predicted octanol–water partition coefficient (Wildman–Crippen LogP) is 4.08. The quantitative estimate of drug-likeness (QED) is 0.566. The molecule has 3 aromatic rings. The predicted molar refractivity (Wildman–Crippen MR) is 121 cm³/mol. The third kappa shape index (κ3) is 5.69. The molecule has 0 aliphatic rings. The highest BCUT2D eigenvalue weighted by Gasteiger charge is 2.27. The molecule has 0 saturated heterocycles. The molecule has 3 rings (SSSR count). The normalized spacial score (nSPS) is 11.7. The van der Waals surface area contributed by atoms with Crippen molar-refractivity contribution >= 4 is 34.2 Å². The number of hydrogen-bond acceptors (Lipinski definition) is 4. The van der Waals surface area contributed by atoms with E-state index >= 15 is 0 Å². The van der Waals surface area contributed by atoms with Crippen molar-refractivity contribution in [2.24, 2.45) is 5.92 Å². The molecule has 0 unspecified atom stereocenters. The van der Waals surface area contributed by atoms with Crippen LogP contribution in [0.3, 0.4) is 0 Å². The van der Waals surface area contributed by atoms with Gasteiger partial charge >= 0.3 is 5.97 Å². The third-order valence-corrected chi connectivity index (χ3v) is 4.98. The van der Waals surface area contributed by atoms with Crippen molar-refractivity contribution < 1.29 is 19.1 Å². The average Bonchev–Trinajstić information content (AvgIpc) is 2.75. The van der Waals surface area contributed by atoms with Crippen LogP contribution >= 0.6 is 0 Å². The Hall–Kier alpha value is -3.67. The SMILES string of the molecule is Cc1ccccc1C(=O)N[C@H](C(=O)OCC(=O)Nc1ccc2ccccc2c1)C(C)C. The summed E-state index contributed by atoms with van der Waals surface area (Å²) in [6.07, 6.45) is 0. The van der Waals surface area contributed by atoms with E-state index in [0.717, 1.165) is 16.3 Å². The number of fused-ring (bicyclic) bond motifs is 1. The fraction of sp³-hybridized carbons (Fsp3) is 0.240. The zero-order valence-electron chi connectivity index (χ0n) is 17.8. The molecule has 0 aliphatic carbocycles. The Labute approximate surface area is 181 Å². The van der Waals surface area contributed by atoms with Gasteiger partial charge in [-0.1, -0.05) is 62.4 Å². The van der Waals surface area contributed by atoms with E-state index in [1.165, 1.54) is 0 Å². The van der Waals surface area contributed by atoms with Crippen LogP contribution in [-0.2, 0) is 14.3 Å². The van der Waals surface area contributed by atoms with Crippen molar-refractivity contribution in [3.63, 3.8) is 0 Å². The Morgan fingerprint density at radius 2 is 1.58 bits per heavy atom. The number of nitrogens with one attached hydrogen (secondary N) is 2. The van der Waals surface area contributed by atoms with E-state index in [4.69, 9.17) is 4.74 Å². The van der Waals surface area contributed by atoms with Crippen molar-refractivity contribution in [1.29, 1.82) is 0 Å². The number of amides is 2. The second kappa shape index (κ2) is 9.89. The summed E-state index contributed by atoms with van der Waals surface area (Å²) in [5.74, 6) is -1.65. The number of esters is 1. The van der Waals surface area contributed by atoms with Gasteiger partial charge in [0.15, 0.2) is 6.61 Å². The number of hydrogen-bond donors (Lipinski definition) is 2. The first-order valence-corrected chi connectivity index (χ1v) is 10.2. The summed E-state index contributed by atoms with van der Waals surface area (Å²) in [6, 6.07) is 19.6. The van der Waals surface area contributed by atoms with Crippen LogP contribution < -0.4 is 10.6 Å². The van der Waals surface area contributed by atoms with Gasteiger partial charge in [0.2, 0.25) is 0 Å². The molecule has 0 aromatic heterocycles. The highest BCUT2D eigenvalue weighted by molar-refractivity contribution is 5.99. The first-order valence-electron chi connectivity index (χ1n) is 10.2. The van der Waals surface area contributed by atoms with Crippen molar-refractivity contribution in [1.82, 2.24) is 5.32 Å². The van der Waals surface area contributed by atoms with Gasteiger partial charge in [-0.15, -0.1) is 0 Å². The lowest BCUT2D eigenvalue weighted by atomic mass is 10.0. The van der Waals surface area contributed by atoms with E-state index < -0.39 is 24.5 Å². The van der Waals surface area contributed by atoms with Crippen LogP contribution in [0.2, 0.25) is 0 Å². The number of rotatable bonds is 7. The second-order valence-corrected chi connectivity index (χ2v) is 7.73. The molecule has 6 nitrogen and oxygen atoms in total. The lowest BCUT2D eigenvalue weighted by Gasteiger charge is -2.21. The molecule has 0 spiro atoms. The number of anilines is 1. The van der Waals surface area contributed by atoms with Crippen LogP contribution in [-0.4, -0.2) is 30.4 Å². The maximum absolute atomic E-state index is 12.6. The van der Waals surface area contributed by atoms with Gasteiger partial charge in [0.25, 0.3) is 11.8 Å². The van der Waals surface area contributed by atoms with E-state index in [-0.39, 0.29) is 11.8 Å². The summed E-state index contributed by atoms with van der Waals surface area (Å²) in [5.41, 5.74) is 1.92. The molecule has 1 atom stereocenters. The van der Waals surface area contributed by atoms with Crippen molar-refractivity contribution in [2.75, 3.05) is 11.9 Å². The van der Waals surface area contributed by atoms with Crippen LogP contribution in [0.25, 0.3) is 10.8 Å². The molecule has 0 aliphatic heterocycles. The molecule has 0 fully saturated rings. The minimum atomic E-state index is -0.861. The first kappa shape index (κ1) is 22.0. The van der Waals surface area contributed by atoms with Gasteiger partial charge in [0.05, 0.1) is 0 Å². The van der Waals surface area contributed by atoms with Crippen molar-refractivity contribution in [3.05, 3.63) is 77.9 Å². The maximum atomic E-state index is 12.6. The monoisotopic (exact) mass is 418 g/mol. The molecular formula is C25H26N2O4. The fourth-order valence-corrected chi connectivity index (χ4v) is 3.24. The molecule has 160 valence electrons. The fourth-order valence-electron chi connectivity index (χ4n) is 3.24. The standard InChI is InChI=1S/C25H26N2O4/c1-16(2)23(27-24(29)21-11-7-4-8-17(21)3)25(30)31-15-22(28)26-20-13-12-18-9-5-6-10-19(18)14-20/h4-14,16,23H,15H2,1-3H3,(H,26,28)(H,27,29)/t23-/m0/s1. The smallest absolute Gasteiger partial charge is 0.329 e. The highest BCUT2D eigenvalue weighted by Crippen LogP contribution is 2.18. The zero-order valence-corrected chi connectivity index (χ0v) is 17.8. The van der Waals surface area contributed by atoms with Gasteiger partial charge in [0.1, 0.15) is 6.04 Å². The van der Waals surface area contributed by atoms with Crippen LogP contribution in [0, 0.1) is 12.8 Å². The Balaban J connectivity index is 1.58. The van der Waals surface area contributed by atoms with E-state index in [2.05, 4.69) is 10.6 Å². The Bertz CT molecular complexity index is 1110. The summed E-state index contributed by atoms with van der Waals surface area (Å²) >= 11 is 0. The summed E-state index contributed by atoms with van der Waals surface area (Å²) in [4.78, 5) is 37.4. The van der Waals surface area contributed by atoms with Crippen LogP contribution in [0.15, 0.2) is 66.7 Å². The molecule has 0 saturated carbocycles. The van der Waals surface area contributed by atoms with Gasteiger partial charge in [0, 0.05) is 11.3 Å². The minimum Gasteiger partial charge on any atom is -0.454 e. The van der Waals surface area contributed by atoms with Gasteiger partial charge in [-0.3, -0.25) is 9.59 Å². The molecule has 0 bridgehead atoms.